The Labute approximate surface area is 164 Å². The minimum atomic E-state index is -1.46. The van der Waals surface area contributed by atoms with Gasteiger partial charge in [-0.25, -0.2) is 0 Å². The molecular formula is C22H44O3Si. The van der Waals surface area contributed by atoms with Crippen LogP contribution < -0.4 is 0 Å². The zero-order chi connectivity index (χ0) is 19.7. The van der Waals surface area contributed by atoms with Crippen molar-refractivity contribution in [1.29, 1.82) is 0 Å². The van der Waals surface area contributed by atoms with Crippen molar-refractivity contribution >= 4 is 14.3 Å². The molecular weight excluding hydrogens is 340 g/mol. The minimum Gasteiger partial charge on any atom is -0.469 e. The Balaban J connectivity index is 3.81. The van der Waals surface area contributed by atoms with Crippen molar-refractivity contribution in [2.24, 2.45) is 0 Å². The van der Waals surface area contributed by atoms with Gasteiger partial charge in [0.05, 0.1) is 7.11 Å². The molecule has 0 aromatic carbocycles. The first-order valence-electron chi connectivity index (χ1n) is 10.8. The molecule has 4 heteroatoms. The fourth-order valence-corrected chi connectivity index (χ4v) is 4.27. The summed E-state index contributed by atoms with van der Waals surface area (Å²) >= 11 is 0. The maximum atomic E-state index is 11.0. The molecule has 0 radical (unpaired) electrons. The van der Waals surface area contributed by atoms with Gasteiger partial charge in [0, 0.05) is 12.5 Å². The van der Waals surface area contributed by atoms with Crippen LogP contribution in [0.3, 0.4) is 0 Å². The summed E-state index contributed by atoms with van der Waals surface area (Å²) < 4.78 is 11.0. The van der Waals surface area contributed by atoms with E-state index in [2.05, 4.69) is 43.5 Å². The van der Waals surface area contributed by atoms with Crippen LogP contribution in [0.4, 0.5) is 0 Å². The highest BCUT2D eigenvalue weighted by molar-refractivity contribution is 6.69. The lowest BCUT2D eigenvalue weighted by atomic mass is 10.1. The first-order valence-corrected chi connectivity index (χ1v) is 14.2. The van der Waals surface area contributed by atoms with Gasteiger partial charge in [-0.05, 0) is 51.7 Å². The maximum Gasteiger partial charge on any atom is 0.305 e. The van der Waals surface area contributed by atoms with Crippen molar-refractivity contribution in [1.82, 2.24) is 0 Å². The Bertz CT molecular complexity index is 361. The quantitative estimate of drug-likeness (QED) is 0.117. The number of unbranched alkanes of at least 4 members (excludes halogenated alkanes) is 8. The lowest BCUT2D eigenvalue weighted by molar-refractivity contribution is -0.140. The molecule has 154 valence electrons. The number of ether oxygens (including phenoxy) is 1. The Kier molecular flexibility index (Phi) is 16.2. The summed E-state index contributed by atoms with van der Waals surface area (Å²) in [6.07, 6.45) is 20.1. The Hall–Kier alpha value is -0.613. The van der Waals surface area contributed by atoms with Crippen LogP contribution in [-0.4, -0.2) is 27.5 Å². The highest BCUT2D eigenvalue weighted by Gasteiger charge is 2.19. The number of allylic oxidation sites excluding steroid dienone is 1. The SMILES string of the molecule is CCCCCCC(C/C=C/CCCCCCCC(=O)OC)O[Si](C)(C)C. The monoisotopic (exact) mass is 384 g/mol. The van der Waals surface area contributed by atoms with Gasteiger partial charge in [-0.3, -0.25) is 4.79 Å². The summed E-state index contributed by atoms with van der Waals surface area (Å²) in [6.45, 7) is 9.12. The number of rotatable bonds is 17. The van der Waals surface area contributed by atoms with E-state index in [0.29, 0.717) is 12.5 Å². The zero-order valence-corrected chi connectivity index (χ0v) is 19.1. The van der Waals surface area contributed by atoms with E-state index in [-0.39, 0.29) is 5.97 Å². The molecule has 0 spiro atoms. The smallest absolute Gasteiger partial charge is 0.305 e. The van der Waals surface area contributed by atoms with Gasteiger partial charge in [0.2, 0.25) is 0 Å². The molecule has 3 nitrogen and oxygen atoms in total. The van der Waals surface area contributed by atoms with E-state index in [4.69, 9.17) is 4.43 Å². The van der Waals surface area contributed by atoms with Crippen LogP contribution >= 0.6 is 0 Å². The molecule has 0 N–H and O–H groups in total. The second-order valence-electron chi connectivity index (χ2n) is 8.29. The molecule has 1 atom stereocenters. The van der Waals surface area contributed by atoms with Gasteiger partial charge in [-0.15, -0.1) is 0 Å². The van der Waals surface area contributed by atoms with Crippen molar-refractivity contribution in [2.75, 3.05) is 7.11 Å². The van der Waals surface area contributed by atoms with Gasteiger partial charge in [0.15, 0.2) is 8.32 Å². The summed E-state index contributed by atoms with van der Waals surface area (Å²) in [5.41, 5.74) is 0. The van der Waals surface area contributed by atoms with E-state index in [1.807, 2.05) is 0 Å². The number of hydrogen-bond acceptors (Lipinski definition) is 3. The molecule has 0 heterocycles. The lowest BCUT2D eigenvalue weighted by Crippen LogP contribution is -2.31. The first-order chi connectivity index (χ1) is 12.4. The molecule has 0 saturated carbocycles. The third-order valence-corrected chi connectivity index (χ3v) is 5.49. The van der Waals surface area contributed by atoms with Crippen LogP contribution in [0.5, 0.6) is 0 Å². The molecule has 0 aromatic rings. The summed E-state index contributed by atoms with van der Waals surface area (Å²) in [5.74, 6) is -0.0854. The van der Waals surface area contributed by atoms with Crippen molar-refractivity contribution in [3.8, 4) is 0 Å². The highest BCUT2D eigenvalue weighted by Crippen LogP contribution is 2.17. The molecule has 1 unspecified atom stereocenters. The fourth-order valence-electron chi connectivity index (χ4n) is 3.05. The Morgan fingerprint density at radius 2 is 1.58 bits per heavy atom. The van der Waals surface area contributed by atoms with Crippen LogP contribution in [-0.2, 0) is 14.0 Å². The summed E-state index contributed by atoms with van der Waals surface area (Å²) in [6, 6.07) is 0. The Morgan fingerprint density at radius 3 is 2.23 bits per heavy atom. The second kappa shape index (κ2) is 16.6. The summed E-state index contributed by atoms with van der Waals surface area (Å²) in [5, 5.41) is 0. The molecule has 0 aliphatic heterocycles. The van der Waals surface area contributed by atoms with Gasteiger partial charge in [-0.1, -0.05) is 64.0 Å². The Morgan fingerprint density at radius 1 is 0.923 bits per heavy atom. The van der Waals surface area contributed by atoms with Crippen LogP contribution in [0, 0.1) is 0 Å². The number of hydrogen-bond donors (Lipinski definition) is 0. The molecule has 26 heavy (non-hydrogen) atoms. The average molecular weight is 385 g/mol. The normalized spacial score (nSPS) is 13.3. The van der Waals surface area contributed by atoms with E-state index in [1.165, 1.54) is 58.5 Å². The number of carbonyl (C=O) groups excluding carboxylic acids is 1. The van der Waals surface area contributed by atoms with Crippen LogP contribution in [0.15, 0.2) is 12.2 Å². The average Bonchev–Trinajstić information content (AvgIpc) is 2.58. The zero-order valence-electron chi connectivity index (χ0n) is 18.1. The van der Waals surface area contributed by atoms with Crippen LogP contribution in [0.25, 0.3) is 0 Å². The third-order valence-electron chi connectivity index (χ3n) is 4.44. The maximum absolute atomic E-state index is 11.0. The van der Waals surface area contributed by atoms with Crippen molar-refractivity contribution in [3.63, 3.8) is 0 Å². The first kappa shape index (κ1) is 25.4. The van der Waals surface area contributed by atoms with Gasteiger partial charge < -0.3 is 9.16 Å². The molecule has 0 saturated heterocycles. The van der Waals surface area contributed by atoms with Gasteiger partial charge in [0.25, 0.3) is 0 Å². The van der Waals surface area contributed by atoms with Crippen LogP contribution in [0.2, 0.25) is 19.6 Å². The van der Waals surface area contributed by atoms with Gasteiger partial charge in [-0.2, -0.15) is 0 Å². The topological polar surface area (TPSA) is 35.5 Å². The number of esters is 1. The number of carbonyl (C=O) groups is 1. The molecule has 0 aromatic heterocycles. The summed E-state index contributed by atoms with van der Waals surface area (Å²) in [4.78, 5) is 11.0. The van der Waals surface area contributed by atoms with E-state index >= 15 is 0 Å². The molecule has 0 amide bonds. The number of methoxy groups -OCH3 is 1. The molecule has 0 aliphatic carbocycles. The fraction of sp³-hybridized carbons (Fsp3) is 0.864. The van der Waals surface area contributed by atoms with Crippen molar-refractivity contribution < 1.29 is 14.0 Å². The molecule has 0 fully saturated rings. The molecule has 0 rings (SSSR count). The summed E-state index contributed by atoms with van der Waals surface area (Å²) in [7, 11) is -0.00313. The van der Waals surface area contributed by atoms with Crippen LogP contribution in [0.1, 0.15) is 90.4 Å². The minimum absolute atomic E-state index is 0.0854. The predicted molar refractivity (Wildman–Crippen MR) is 115 cm³/mol. The lowest BCUT2D eigenvalue weighted by Gasteiger charge is -2.25. The highest BCUT2D eigenvalue weighted by atomic mass is 28.4. The van der Waals surface area contributed by atoms with E-state index < -0.39 is 8.32 Å². The standard InChI is InChI=1S/C22H44O3Si/c1-6-7-8-15-18-21(25-26(3,4)5)19-16-13-11-9-10-12-14-17-20-22(23)24-2/h13,16,21H,6-12,14-15,17-20H2,1-5H3/b16-13+. The molecule has 0 bridgehead atoms. The largest absolute Gasteiger partial charge is 0.469 e. The van der Waals surface area contributed by atoms with Gasteiger partial charge >= 0.3 is 5.97 Å². The third kappa shape index (κ3) is 18.2. The van der Waals surface area contributed by atoms with Gasteiger partial charge in [0.1, 0.15) is 0 Å². The molecule has 0 aliphatic rings. The van der Waals surface area contributed by atoms with Crippen molar-refractivity contribution in [2.45, 2.75) is 116 Å². The second-order valence-corrected chi connectivity index (χ2v) is 12.8. The predicted octanol–water partition coefficient (Wildman–Crippen LogP) is 7.03. The van der Waals surface area contributed by atoms with Crippen molar-refractivity contribution in [3.05, 3.63) is 12.2 Å². The van der Waals surface area contributed by atoms with E-state index in [9.17, 15) is 4.79 Å². The van der Waals surface area contributed by atoms with E-state index in [1.54, 1.807) is 0 Å². The van der Waals surface area contributed by atoms with E-state index in [0.717, 1.165) is 25.7 Å².